The molecule has 0 spiro atoms. The summed E-state index contributed by atoms with van der Waals surface area (Å²) in [6, 6.07) is 11.3. The number of carbonyl (C=O) groups excluding carboxylic acids is 2. The van der Waals surface area contributed by atoms with Crippen LogP contribution in [-0.4, -0.2) is 52.4 Å². The molecular formula is C23H26N4O3. The van der Waals surface area contributed by atoms with Crippen LogP contribution in [0.15, 0.2) is 55.0 Å². The van der Waals surface area contributed by atoms with Gasteiger partial charge in [-0.2, -0.15) is 0 Å². The quantitative estimate of drug-likeness (QED) is 0.632. The zero-order valence-electron chi connectivity index (χ0n) is 17.0. The number of H-pyrrole nitrogens is 1. The first-order valence-corrected chi connectivity index (χ1v) is 10.3. The van der Waals surface area contributed by atoms with Gasteiger partial charge in [0.05, 0.1) is 12.7 Å². The van der Waals surface area contributed by atoms with Crippen molar-refractivity contribution in [2.75, 3.05) is 13.6 Å². The van der Waals surface area contributed by atoms with Crippen LogP contribution in [0.2, 0.25) is 0 Å². The molecule has 4 rings (SSSR count). The molecule has 2 amide bonds. The highest BCUT2D eigenvalue weighted by molar-refractivity contribution is 5.88. The number of hydrogen-bond acceptors (Lipinski definition) is 4. The minimum absolute atomic E-state index is 0.0132. The van der Waals surface area contributed by atoms with Crippen LogP contribution < -0.4 is 10.1 Å². The standard InChI is InChI=1S/C23H26N4O3/c1-24-23(29)21-12-18(30-17-7-5-11-25-14-17)15-27(21)22(28)10-4-6-16-13-26-20-9-3-2-8-19(16)20/h2-3,5,7-9,11,13-14,18,21,26H,4,6,10,12,15H2,1H3,(H,24,29)/t18-,21-/m0/s1. The lowest BCUT2D eigenvalue weighted by atomic mass is 10.1. The largest absolute Gasteiger partial charge is 0.487 e. The average Bonchev–Trinajstić information content (AvgIpc) is 3.38. The van der Waals surface area contributed by atoms with Crippen LogP contribution in [0.3, 0.4) is 0 Å². The molecule has 30 heavy (non-hydrogen) atoms. The molecule has 7 heteroatoms. The summed E-state index contributed by atoms with van der Waals surface area (Å²) >= 11 is 0. The number of aryl methyl sites for hydroxylation is 1. The van der Waals surface area contributed by atoms with Crippen molar-refractivity contribution in [3.63, 3.8) is 0 Å². The summed E-state index contributed by atoms with van der Waals surface area (Å²) in [6.07, 6.45) is 7.51. The molecule has 1 aliphatic heterocycles. The molecule has 2 aromatic heterocycles. The molecule has 1 aliphatic rings. The number of likely N-dealkylation sites (N-methyl/N-ethyl adjacent to an activating group) is 1. The molecule has 156 valence electrons. The third-order valence-electron chi connectivity index (χ3n) is 5.58. The third-order valence-corrected chi connectivity index (χ3v) is 5.58. The van der Waals surface area contributed by atoms with Crippen molar-refractivity contribution < 1.29 is 14.3 Å². The topological polar surface area (TPSA) is 87.3 Å². The lowest BCUT2D eigenvalue weighted by molar-refractivity contribution is -0.138. The van der Waals surface area contributed by atoms with Gasteiger partial charge in [0, 0.05) is 43.2 Å². The zero-order valence-corrected chi connectivity index (χ0v) is 17.0. The van der Waals surface area contributed by atoms with Gasteiger partial charge in [-0.1, -0.05) is 18.2 Å². The Morgan fingerprint density at radius 2 is 2.13 bits per heavy atom. The van der Waals surface area contributed by atoms with Gasteiger partial charge >= 0.3 is 0 Å². The van der Waals surface area contributed by atoms with Crippen molar-refractivity contribution in [2.45, 2.75) is 37.8 Å². The first-order valence-electron chi connectivity index (χ1n) is 10.3. The molecule has 0 saturated carbocycles. The number of amides is 2. The van der Waals surface area contributed by atoms with E-state index in [-0.39, 0.29) is 17.9 Å². The fourth-order valence-corrected chi connectivity index (χ4v) is 4.09. The van der Waals surface area contributed by atoms with Gasteiger partial charge in [-0.3, -0.25) is 14.6 Å². The second-order valence-corrected chi connectivity index (χ2v) is 7.55. The number of ether oxygens (including phenoxy) is 1. The monoisotopic (exact) mass is 406 g/mol. The Morgan fingerprint density at radius 1 is 1.27 bits per heavy atom. The number of nitrogens with zero attached hydrogens (tertiary/aromatic N) is 2. The van der Waals surface area contributed by atoms with Gasteiger partial charge in [0.15, 0.2) is 0 Å². The van der Waals surface area contributed by atoms with E-state index in [0.29, 0.717) is 25.1 Å². The highest BCUT2D eigenvalue weighted by atomic mass is 16.5. The molecule has 0 radical (unpaired) electrons. The number of fused-ring (bicyclic) bond motifs is 1. The molecule has 0 aliphatic carbocycles. The third kappa shape index (κ3) is 4.30. The molecular weight excluding hydrogens is 380 g/mol. The number of para-hydroxylation sites is 1. The second kappa shape index (κ2) is 8.98. The molecule has 3 heterocycles. The Hall–Kier alpha value is -3.35. The van der Waals surface area contributed by atoms with Crippen LogP contribution in [0.1, 0.15) is 24.8 Å². The van der Waals surface area contributed by atoms with Crippen molar-refractivity contribution in [2.24, 2.45) is 0 Å². The van der Waals surface area contributed by atoms with E-state index in [1.54, 1.807) is 30.4 Å². The molecule has 3 aromatic rings. The maximum absolute atomic E-state index is 12.9. The minimum Gasteiger partial charge on any atom is -0.487 e. The summed E-state index contributed by atoms with van der Waals surface area (Å²) in [4.78, 5) is 34.3. The van der Waals surface area contributed by atoms with Crippen molar-refractivity contribution in [3.05, 3.63) is 60.6 Å². The Bertz CT molecular complexity index is 1020. The van der Waals surface area contributed by atoms with E-state index in [4.69, 9.17) is 4.74 Å². The van der Waals surface area contributed by atoms with Crippen molar-refractivity contribution in [1.29, 1.82) is 0 Å². The Labute approximate surface area is 175 Å². The predicted molar refractivity (Wildman–Crippen MR) is 114 cm³/mol. The van der Waals surface area contributed by atoms with E-state index < -0.39 is 6.04 Å². The van der Waals surface area contributed by atoms with Crippen LogP contribution >= 0.6 is 0 Å². The Morgan fingerprint density at radius 3 is 2.93 bits per heavy atom. The molecule has 0 bridgehead atoms. The Kier molecular flexibility index (Phi) is 5.97. The first-order chi connectivity index (χ1) is 14.7. The number of aromatic nitrogens is 2. The van der Waals surface area contributed by atoms with E-state index >= 15 is 0 Å². The summed E-state index contributed by atoms with van der Waals surface area (Å²) in [5, 5.41) is 3.86. The number of hydrogen-bond donors (Lipinski definition) is 2. The molecule has 1 aromatic carbocycles. The lowest BCUT2D eigenvalue weighted by Crippen LogP contribution is -2.44. The summed E-state index contributed by atoms with van der Waals surface area (Å²) < 4.78 is 5.95. The number of benzene rings is 1. The molecule has 1 fully saturated rings. The first kappa shape index (κ1) is 19.9. The highest BCUT2D eigenvalue weighted by Crippen LogP contribution is 2.25. The van der Waals surface area contributed by atoms with E-state index in [1.165, 1.54) is 10.9 Å². The van der Waals surface area contributed by atoms with Crippen molar-refractivity contribution >= 4 is 22.7 Å². The number of likely N-dealkylation sites (tertiary alicyclic amines) is 1. The number of nitrogens with one attached hydrogen (secondary N) is 2. The number of pyridine rings is 1. The number of carbonyl (C=O) groups is 2. The van der Waals surface area contributed by atoms with Gasteiger partial charge in [-0.15, -0.1) is 0 Å². The van der Waals surface area contributed by atoms with Crippen LogP contribution in [0.5, 0.6) is 5.75 Å². The van der Waals surface area contributed by atoms with Crippen LogP contribution in [0.25, 0.3) is 10.9 Å². The summed E-state index contributed by atoms with van der Waals surface area (Å²) in [6.45, 7) is 0.402. The Balaban J connectivity index is 1.37. The zero-order chi connectivity index (χ0) is 20.9. The summed E-state index contributed by atoms with van der Waals surface area (Å²) in [5.41, 5.74) is 2.31. The van der Waals surface area contributed by atoms with Gasteiger partial charge in [-0.25, -0.2) is 0 Å². The lowest BCUT2D eigenvalue weighted by Gasteiger charge is -2.23. The van der Waals surface area contributed by atoms with Gasteiger partial charge in [0.25, 0.3) is 0 Å². The van der Waals surface area contributed by atoms with Gasteiger partial charge in [-0.05, 0) is 36.6 Å². The van der Waals surface area contributed by atoms with Gasteiger partial charge in [0.2, 0.25) is 11.8 Å². The SMILES string of the molecule is CNC(=O)[C@@H]1C[C@H](Oc2cccnc2)CN1C(=O)CCCc1c[nH]c2ccccc12. The fourth-order valence-electron chi connectivity index (χ4n) is 4.09. The van der Waals surface area contributed by atoms with E-state index in [2.05, 4.69) is 21.4 Å². The normalized spacial score (nSPS) is 18.5. The maximum atomic E-state index is 12.9. The highest BCUT2D eigenvalue weighted by Gasteiger charge is 2.40. The molecule has 7 nitrogen and oxygen atoms in total. The average molecular weight is 406 g/mol. The maximum Gasteiger partial charge on any atom is 0.242 e. The molecule has 2 atom stereocenters. The van der Waals surface area contributed by atoms with Crippen LogP contribution in [-0.2, 0) is 16.0 Å². The minimum atomic E-state index is -0.503. The summed E-state index contributed by atoms with van der Waals surface area (Å²) in [5.74, 6) is 0.477. The number of aromatic amines is 1. The molecule has 2 N–H and O–H groups in total. The van der Waals surface area contributed by atoms with E-state index in [1.807, 2.05) is 30.5 Å². The van der Waals surface area contributed by atoms with Crippen molar-refractivity contribution in [1.82, 2.24) is 20.2 Å². The fraction of sp³-hybridized carbons (Fsp3) is 0.348. The van der Waals surface area contributed by atoms with Gasteiger partial charge < -0.3 is 19.9 Å². The second-order valence-electron chi connectivity index (χ2n) is 7.55. The molecule has 0 unspecified atom stereocenters. The smallest absolute Gasteiger partial charge is 0.242 e. The van der Waals surface area contributed by atoms with Crippen LogP contribution in [0, 0.1) is 0 Å². The van der Waals surface area contributed by atoms with E-state index in [0.717, 1.165) is 18.4 Å². The van der Waals surface area contributed by atoms with Crippen molar-refractivity contribution in [3.8, 4) is 5.75 Å². The van der Waals surface area contributed by atoms with Crippen LogP contribution in [0.4, 0.5) is 0 Å². The van der Waals surface area contributed by atoms with E-state index in [9.17, 15) is 9.59 Å². The predicted octanol–water partition coefficient (Wildman–Crippen LogP) is 2.68. The summed E-state index contributed by atoms with van der Waals surface area (Å²) in [7, 11) is 1.59. The van der Waals surface area contributed by atoms with Gasteiger partial charge in [0.1, 0.15) is 17.9 Å². The molecule has 1 saturated heterocycles. The number of rotatable bonds is 7.